The summed E-state index contributed by atoms with van der Waals surface area (Å²) in [5.41, 5.74) is 0. The van der Waals surface area contributed by atoms with Gasteiger partial charge in [0.2, 0.25) is 5.91 Å². The number of hydrogen-bond acceptors (Lipinski definition) is 5. The van der Waals surface area contributed by atoms with Gasteiger partial charge in [-0.15, -0.1) is 11.3 Å². The third-order valence-corrected chi connectivity index (χ3v) is 6.19. The lowest BCUT2D eigenvalue weighted by atomic mass is 10.2. The second-order valence-electron chi connectivity index (χ2n) is 6.30. The molecular weight excluding hydrogens is 382 g/mol. The number of rotatable bonds is 7. The summed E-state index contributed by atoms with van der Waals surface area (Å²) in [5, 5.41) is 10.6. The standard InChI is InChI=1S/C20H22ClN3O2S/c21-20-16-4-1-2-5-17(16)27-18(20)6-7-19(25)24(9-3-8-22)11-10-23-12-14-26-15-13-23/h1-2,4-7H,3,9-15H2/b7-6+. The van der Waals surface area contributed by atoms with Gasteiger partial charge in [-0.1, -0.05) is 29.8 Å². The summed E-state index contributed by atoms with van der Waals surface area (Å²) in [4.78, 5) is 17.6. The van der Waals surface area contributed by atoms with Gasteiger partial charge in [-0.3, -0.25) is 9.69 Å². The summed E-state index contributed by atoms with van der Waals surface area (Å²) in [6.07, 6.45) is 3.67. The van der Waals surface area contributed by atoms with Crippen LogP contribution in [0.25, 0.3) is 16.2 Å². The number of morpholine rings is 1. The molecule has 3 rings (SSSR count). The Kier molecular flexibility index (Phi) is 7.25. The molecule has 2 aromatic rings. The second kappa shape index (κ2) is 9.86. The van der Waals surface area contributed by atoms with Crippen LogP contribution in [0, 0.1) is 11.3 Å². The van der Waals surface area contributed by atoms with Crippen LogP contribution in [0.5, 0.6) is 0 Å². The van der Waals surface area contributed by atoms with Crippen LogP contribution < -0.4 is 0 Å². The van der Waals surface area contributed by atoms with E-state index in [2.05, 4.69) is 11.0 Å². The van der Waals surface area contributed by atoms with Crippen LogP contribution in [0.3, 0.4) is 0 Å². The number of fused-ring (bicyclic) bond motifs is 1. The molecule has 27 heavy (non-hydrogen) atoms. The van der Waals surface area contributed by atoms with Crippen LogP contribution in [0.2, 0.25) is 5.02 Å². The summed E-state index contributed by atoms with van der Waals surface area (Å²) >= 11 is 8.01. The summed E-state index contributed by atoms with van der Waals surface area (Å²) < 4.78 is 6.46. The molecule has 1 aliphatic heterocycles. The number of carbonyl (C=O) groups is 1. The van der Waals surface area contributed by atoms with Gasteiger partial charge < -0.3 is 9.64 Å². The van der Waals surface area contributed by atoms with Crippen molar-refractivity contribution in [3.63, 3.8) is 0 Å². The third-order valence-electron chi connectivity index (χ3n) is 4.53. The second-order valence-corrected chi connectivity index (χ2v) is 7.76. The monoisotopic (exact) mass is 403 g/mol. The van der Waals surface area contributed by atoms with Gasteiger partial charge in [0.15, 0.2) is 0 Å². The van der Waals surface area contributed by atoms with Crippen molar-refractivity contribution < 1.29 is 9.53 Å². The van der Waals surface area contributed by atoms with E-state index in [4.69, 9.17) is 21.6 Å². The quantitative estimate of drug-likeness (QED) is 0.662. The fourth-order valence-electron chi connectivity index (χ4n) is 3.00. The van der Waals surface area contributed by atoms with E-state index in [1.165, 1.54) is 0 Å². The Balaban J connectivity index is 1.65. The lowest BCUT2D eigenvalue weighted by Crippen LogP contribution is -2.43. The van der Waals surface area contributed by atoms with Gasteiger partial charge >= 0.3 is 0 Å². The lowest BCUT2D eigenvalue weighted by Gasteiger charge is -2.29. The van der Waals surface area contributed by atoms with Crippen molar-refractivity contribution >= 4 is 45.0 Å². The van der Waals surface area contributed by atoms with Gasteiger partial charge in [0, 0.05) is 53.8 Å². The van der Waals surface area contributed by atoms with Crippen molar-refractivity contribution in [3.05, 3.63) is 40.2 Å². The van der Waals surface area contributed by atoms with Crippen LogP contribution in [-0.2, 0) is 9.53 Å². The van der Waals surface area contributed by atoms with E-state index in [-0.39, 0.29) is 5.91 Å². The summed E-state index contributed by atoms with van der Waals surface area (Å²) in [5.74, 6) is -0.0907. The molecule has 0 atom stereocenters. The van der Waals surface area contributed by atoms with E-state index in [0.29, 0.717) is 24.5 Å². The summed E-state index contributed by atoms with van der Waals surface area (Å²) in [6.45, 7) is 5.06. The Hall–Kier alpha value is -1.91. The van der Waals surface area contributed by atoms with Crippen molar-refractivity contribution in [1.29, 1.82) is 5.26 Å². The van der Waals surface area contributed by atoms with Gasteiger partial charge in [-0.25, -0.2) is 0 Å². The van der Waals surface area contributed by atoms with Gasteiger partial charge in [0.1, 0.15) is 0 Å². The molecule has 1 aromatic carbocycles. The topological polar surface area (TPSA) is 56.6 Å². The fourth-order valence-corrected chi connectivity index (χ4v) is 4.40. The SMILES string of the molecule is N#CCCN(CCN1CCOCC1)C(=O)/C=C/c1sc2ccccc2c1Cl. The molecule has 1 aromatic heterocycles. The summed E-state index contributed by atoms with van der Waals surface area (Å²) in [7, 11) is 0. The number of hydrogen-bond donors (Lipinski definition) is 0. The molecule has 0 radical (unpaired) electrons. The average Bonchev–Trinajstić information content (AvgIpc) is 3.03. The van der Waals surface area contributed by atoms with Crippen LogP contribution in [0.1, 0.15) is 11.3 Å². The molecule has 1 saturated heterocycles. The highest BCUT2D eigenvalue weighted by molar-refractivity contribution is 7.20. The van der Waals surface area contributed by atoms with Crippen LogP contribution >= 0.6 is 22.9 Å². The minimum Gasteiger partial charge on any atom is -0.379 e. The zero-order chi connectivity index (χ0) is 19.1. The van der Waals surface area contributed by atoms with Gasteiger partial charge in [-0.2, -0.15) is 5.26 Å². The predicted octanol–water partition coefficient (Wildman–Crippen LogP) is 3.64. The Morgan fingerprint density at radius 3 is 2.85 bits per heavy atom. The average molecular weight is 404 g/mol. The smallest absolute Gasteiger partial charge is 0.246 e. The molecule has 1 amide bonds. The fraction of sp³-hybridized carbons (Fsp3) is 0.400. The highest BCUT2D eigenvalue weighted by atomic mass is 35.5. The summed E-state index contributed by atoms with van der Waals surface area (Å²) in [6, 6.07) is 10.1. The minimum absolute atomic E-state index is 0.0907. The first-order valence-corrected chi connectivity index (χ1v) is 10.2. The number of nitriles is 1. The Bertz CT molecular complexity index is 853. The van der Waals surface area contributed by atoms with Gasteiger partial charge in [0.05, 0.1) is 30.7 Å². The molecule has 1 fully saturated rings. The maximum absolute atomic E-state index is 12.7. The molecule has 142 valence electrons. The number of carbonyl (C=O) groups excluding carboxylic acids is 1. The van der Waals surface area contributed by atoms with E-state index in [0.717, 1.165) is 47.8 Å². The van der Waals surface area contributed by atoms with Crippen molar-refractivity contribution in [2.75, 3.05) is 45.9 Å². The number of nitrogens with zero attached hydrogens (tertiary/aromatic N) is 3. The molecule has 0 aliphatic carbocycles. The molecule has 0 bridgehead atoms. The molecule has 2 heterocycles. The zero-order valence-corrected chi connectivity index (χ0v) is 16.6. The molecule has 5 nitrogen and oxygen atoms in total. The zero-order valence-electron chi connectivity index (χ0n) is 15.1. The number of halogens is 1. The van der Waals surface area contributed by atoms with E-state index >= 15 is 0 Å². The number of ether oxygens (including phenoxy) is 1. The molecule has 1 aliphatic rings. The van der Waals surface area contributed by atoms with E-state index < -0.39 is 0 Å². The van der Waals surface area contributed by atoms with Crippen molar-refractivity contribution in [2.45, 2.75) is 6.42 Å². The molecule has 0 N–H and O–H groups in total. The highest BCUT2D eigenvalue weighted by Crippen LogP contribution is 2.35. The first-order valence-electron chi connectivity index (χ1n) is 9.00. The molecular formula is C20H22ClN3O2S. The molecule has 0 spiro atoms. The first-order chi connectivity index (χ1) is 13.2. The first kappa shape index (κ1) is 19.8. The number of thiophene rings is 1. The van der Waals surface area contributed by atoms with Crippen molar-refractivity contribution in [2.24, 2.45) is 0 Å². The third kappa shape index (κ3) is 5.30. The largest absolute Gasteiger partial charge is 0.379 e. The number of benzene rings is 1. The Morgan fingerprint density at radius 2 is 2.11 bits per heavy atom. The van der Waals surface area contributed by atoms with Gasteiger partial charge in [-0.05, 0) is 12.1 Å². The Labute approximate surface area is 168 Å². The van der Waals surface area contributed by atoms with Crippen molar-refractivity contribution in [1.82, 2.24) is 9.80 Å². The minimum atomic E-state index is -0.0907. The Morgan fingerprint density at radius 1 is 1.33 bits per heavy atom. The predicted molar refractivity (Wildman–Crippen MR) is 110 cm³/mol. The van der Waals surface area contributed by atoms with Crippen LogP contribution in [0.4, 0.5) is 0 Å². The van der Waals surface area contributed by atoms with E-state index in [9.17, 15) is 4.79 Å². The van der Waals surface area contributed by atoms with Gasteiger partial charge in [0.25, 0.3) is 0 Å². The molecule has 0 unspecified atom stereocenters. The van der Waals surface area contributed by atoms with Crippen LogP contribution in [0.15, 0.2) is 30.3 Å². The van der Waals surface area contributed by atoms with E-state index in [1.807, 2.05) is 24.3 Å². The van der Waals surface area contributed by atoms with Crippen LogP contribution in [-0.4, -0.2) is 61.6 Å². The maximum atomic E-state index is 12.7. The van der Waals surface area contributed by atoms with Crippen molar-refractivity contribution in [3.8, 4) is 6.07 Å². The highest BCUT2D eigenvalue weighted by Gasteiger charge is 2.15. The molecule has 7 heteroatoms. The molecule has 0 saturated carbocycles. The maximum Gasteiger partial charge on any atom is 0.246 e. The van der Waals surface area contributed by atoms with E-state index in [1.54, 1.807) is 28.4 Å². The number of amides is 1. The normalized spacial score (nSPS) is 15.3. The lowest BCUT2D eigenvalue weighted by molar-refractivity contribution is -0.126.